The maximum absolute atomic E-state index is 11.3. The highest BCUT2D eigenvalue weighted by molar-refractivity contribution is 5.94. The third-order valence-electron chi connectivity index (χ3n) is 4.30. The fourth-order valence-corrected chi connectivity index (χ4v) is 2.81. The lowest BCUT2D eigenvalue weighted by Crippen LogP contribution is -2.32. The van der Waals surface area contributed by atoms with Gasteiger partial charge in [-0.05, 0) is 36.3 Å². The average Bonchev–Trinajstić information content (AvgIpc) is 2.68. The van der Waals surface area contributed by atoms with E-state index < -0.39 is 0 Å². The van der Waals surface area contributed by atoms with Gasteiger partial charge in [0.05, 0.1) is 0 Å². The molecule has 0 aliphatic heterocycles. The molecular formula is C15H22N2O. The second-order valence-electron chi connectivity index (χ2n) is 5.42. The number of hydrogen-bond acceptors (Lipinski definition) is 2. The van der Waals surface area contributed by atoms with E-state index in [2.05, 4.69) is 19.2 Å². The van der Waals surface area contributed by atoms with E-state index in [0.29, 0.717) is 17.5 Å². The highest BCUT2D eigenvalue weighted by atomic mass is 16.1. The molecular weight excluding hydrogens is 224 g/mol. The molecule has 3 N–H and O–H groups in total. The van der Waals surface area contributed by atoms with Crippen molar-refractivity contribution >= 4 is 5.91 Å². The summed E-state index contributed by atoms with van der Waals surface area (Å²) < 4.78 is 0. The molecule has 1 aliphatic rings. The van der Waals surface area contributed by atoms with Gasteiger partial charge in [0.1, 0.15) is 0 Å². The van der Waals surface area contributed by atoms with Crippen LogP contribution in [-0.4, -0.2) is 11.9 Å². The predicted molar refractivity (Wildman–Crippen MR) is 73.1 cm³/mol. The van der Waals surface area contributed by atoms with E-state index in [1.165, 1.54) is 12.8 Å². The molecule has 2 rings (SSSR count). The minimum atomic E-state index is -0.347. The minimum Gasteiger partial charge on any atom is -0.366 e. The molecule has 1 aromatic rings. The van der Waals surface area contributed by atoms with Crippen LogP contribution in [0.15, 0.2) is 24.3 Å². The summed E-state index contributed by atoms with van der Waals surface area (Å²) in [7, 11) is 0. The number of nitrogens with one attached hydrogen (secondary N) is 1. The van der Waals surface area contributed by atoms with Gasteiger partial charge in [0.25, 0.3) is 0 Å². The van der Waals surface area contributed by atoms with Crippen molar-refractivity contribution in [2.24, 2.45) is 17.6 Å². The molecule has 1 amide bonds. The number of primary amides is 1. The van der Waals surface area contributed by atoms with Gasteiger partial charge in [-0.25, -0.2) is 0 Å². The van der Waals surface area contributed by atoms with Gasteiger partial charge < -0.3 is 11.1 Å². The van der Waals surface area contributed by atoms with E-state index in [9.17, 15) is 4.79 Å². The molecule has 0 aromatic heterocycles. The van der Waals surface area contributed by atoms with Crippen LogP contribution in [0.5, 0.6) is 0 Å². The van der Waals surface area contributed by atoms with E-state index in [0.717, 1.165) is 18.0 Å². The van der Waals surface area contributed by atoms with E-state index in [4.69, 9.17) is 5.73 Å². The summed E-state index contributed by atoms with van der Waals surface area (Å²) in [5.74, 6) is 1.14. The van der Waals surface area contributed by atoms with Crippen LogP contribution in [0.1, 0.15) is 42.6 Å². The third-order valence-corrected chi connectivity index (χ3v) is 4.30. The summed E-state index contributed by atoms with van der Waals surface area (Å²) >= 11 is 0. The molecule has 0 saturated heterocycles. The summed E-state index contributed by atoms with van der Waals surface area (Å²) in [5, 5.41) is 3.57. The monoisotopic (exact) mass is 246 g/mol. The normalized spacial score (nSPS) is 27.3. The Morgan fingerprint density at radius 1 is 1.33 bits per heavy atom. The highest BCUT2D eigenvalue weighted by Gasteiger charge is 2.29. The zero-order chi connectivity index (χ0) is 13.1. The van der Waals surface area contributed by atoms with Crippen LogP contribution in [0, 0.1) is 11.8 Å². The number of carbonyl (C=O) groups is 1. The van der Waals surface area contributed by atoms with E-state index in [1.807, 2.05) is 18.2 Å². The Labute approximate surface area is 109 Å². The molecule has 18 heavy (non-hydrogen) atoms. The van der Waals surface area contributed by atoms with Crippen molar-refractivity contribution in [2.45, 2.75) is 39.3 Å². The first-order chi connectivity index (χ1) is 8.59. The number of benzene rings is 1. The summed E-state index contributed by atoms with van der Waals surface area (Å²) in [5.41, 5.74) is 7.01. The van der Waals surface area contributed by atoms with Crippen LogP contribution in [0.4, 0.5) is 0 Å². The lowest BCUT2D eigenvalue weighted by molar-refractivity contribution is 0.0999. The van der Waals surface area contributed by atoms with E-state index in [-0.39, 0.29) is 5.91 Å². The summed E-state index contributed by atoms with van der Waals surface area (Å²) in [6.07, 6.45) is 2.51. The fourth-order valence-electron chi connectivity index (χ4n) is 2.81. The number of nitrogens with two attached hydrogens (primary N) is 1. The topological polar surface area (TPSA) is 55.1 Å². The van der Waals surface area contributed by atoms with Crippen molar-refractivity contribution in [3.63, 3.8) is 0 Å². The second-order valence-corrected chi connectivity index (χ2v) is 5.42. The van der Waals surface area contributed by atoms with Gasteiger partial charge in [0, 0.05) is 18.2 Å². The van der Waals surface area contributed by atoms with Gasteiger partial charge in [0.2, 0.25) is 5.91 Å². The van der Waals surface area contributed by atoms with E-state index in [1.54, 1.807) is 6.07 Å². The molecule has 1 saturated carbocycles. The lowest BCUT2D eigenvalue weighted by atomic mass is 9.97. The average molecular weight is 246 g/mol. The Hall–Kier alpha value is -1.35. The molecule has 1 fully saturated rings. The Balaban J connectivity index is 2.00. The van der Waals surface area contributed by atoms with Crippen molar-refractivity contribution in [3.05, 3.63) is 35.4 Å². The number of carbonyl (C=O) groups excluding carboxylic acids is 1. The predicted octanol–water partition coefficient (Wildman–Crippen LogP) is 2.31. The van der Waals surface area contributed by atoms with Crippen molar-refractivity contribution in [1.82, 2.24) is 5.32 Å². The van der Waals surface area contributed by atoms with Gasteiger partial charge in [-0.3, -0.25) is 4.79 Å². The molecule has 0 radical (unpaired) electrons. The van der Waals surface area contributed by atoms with Crippen molar-refractivity contribution in [1.29, 1.82) is 0 Å². The Morgan fingerprint density at radius 2 is 2.06 bits per heavy atom. The van der Waals surface area contributed by atoms with Crippen LogP contribution < -0.4 is 11.1 Å². The molecule has 3 heteroatoms. The molecule has 0 spiro atoms. The van der Waals surface area contributed by atoms with Crippen LogP contribution in [0.3, 0.4) is 0 Å². The third kappa shape index (κ3) is 2.72. The fraction of sp³-hybridized carbons (Fsp3) is 0.533. The number of hydrogen-bond donors (Lipinski definition) is 2. The molecule has 0 bridgehead atoms. The first kappa shape index (κ1) is 13.1. The zero-order valence-corrected chi connectivity index (χ0v) is 11.1. The van der Waals surface area contributed by atoms with E-state index >= 15 is 0 Å². The van der Waals surface area contributed by atoms with Crippen molar-refractivity contribution in [2.75, 3.05) is 0 Å². The molecule has 3 atom stereocenters. The molecule has 3 unspecified atom stereocenters. The maximum Gasteiger partial charge on any atom is 0.249 e. The molecule has 1 aromatic carbocycles. The van der Waals surface area contributed by atoms with Gasteiger partial charge in [-0.1, -0.05) is 32.0 Å². The minimum absolute atomic E-state index is 0.347. The quantitative estimate of drug-likeness (QED) is 0.856. The summed E-state index contributed by atoms with van der Waals surface area (Å²) in [6, 6.07) is 8.12. The number of amides is 1. The smallest absolute Gasteiger partial charge is 0.249 e. The standard InChI is InChI=1S/C15H22N2O/c1-10-7-8-14(11(10)2)17-9-12-5-3-4-6-13(12)15(16)18/h3-6,10-11,14,17H,7-9H2,1-2H3,(H2,16,18). The highest BCUT2D eigenvalue weighted by Crippen LogP contribution is 2.31. The first-order valence-corrected chi connectivity index (χ1v) is 6.70. The lowest BCUT2D eigenvalue weighted by Gasteiger charge is -2.20. The van der Waals surface area contributed by atoms with Crippen LogP contribution >= 0.6 is 0 Å². The Morgan fingerprint density at radius 3 is 2.67 bits per heavy atom. The SMILES string of the molecule is CC1CCC(NCc2ccccc2C(N)=O)C1C. The van der Waals surface area contributed by atoms with Crippen LogP contribution in [0.25, 0.3) is 0 Å². The van der Waals surface area contributed by atoms with Gasteiger partial charge in [-0.2, -0.15) is 0 Å². The van der Waals surface area contributed by atoms with Gasteiger partial charge >= 0.3 is 0 Å². The van der Waals surface area contributed by atoms with Crippen LogP contribution in [-0.2, 0) is 6.54 Å². The summed E-state index contributed by atoms with van der Waals surface area (Å²) in [6.45, 7) is 5.33. The molecule has 1 aliphatic carbocycles. The van der Waals surface area contributed by atoms with Crippen LogP contribution in [0.2, 0.25) is 0 Å². The maximum atomic E-state index is 11.3. The molecule has 98 valence electrons. The van der Waals surface area contributed by atoms with Gasteiger partial charge in [0.15, 0.2) is 0 Å². The van der Waals surface area contributed by atoms with Gasteiger partial charge in [-0.15, -0.1) is 0 Å². The summed E-state index contributed by atoms with van der Waals surface area (Å²) in [4.78, 5) is 11.3. The first-order valence-electron chi connectivity index (χ1n) is 6.70. The number of rotatable bonds is 4. The Kier molecular flexibility index (Phi) is 4.02. The van der Waals surface area contributed by atoms with Crippen molar-refractivity contribution in [3.8, 4) is 0 Å². The second kappa shape index (κ2) is 5.53. The van der Waals surface area contributed by atoms with Crippen molar-refractivity contribution < 1.29 is 4.79 Å². The zero-order valence-electron chi connectivity index (χ0n) is 11.1. The Bertz CT molecular complexity index is 430. The molecule has 3 nitrogen and oxygen atoms in total. The molecule has 0 heterocycles. The largest absolute Gasteiger partial charge is 0.366 e.